The summed E-state index contributed by atoms with van der Waals surface area (Å²) in [4.78, 5) is 3.71. The highest BCUT2D eigenvalue weighted by Gasteiger charge is 2.18. The lowest BCUT2D eigenvalue weighted by Crippen LogP contribution is -2.03. The van der Waals surface area contributed by atoms with E-state index in [0.29, 0.717) is 12.1 Å². The molecule has 6 heteroatoms. The third-order valence-electron chi connectivity index (χ3n) is 2.34. The molecule has 2 aromatic rings. The molecular weight excluding hydrogens is 209 g/mol. The first-order valence-electron chi connectivity index (χ1n) is 4.90. The number of nitriles is 1. The van der Waals surface area contributed by atoms with Crippen LogP contribution in [0.25, 0.3) is 5.52 Å². The minimum absolute atomic E-state index is 0.0294. The minimum Gasteiger partial charge on any atom is -0.367 e. The number of hydrogen-bond acceptors (Lipinski definition) is 4. The second-order valence-corrected chi connectivity index (χ2v) is 3.41. The molecule has 0 fully saturated rings. The van der Waals surface area contributed by atoms with Gasteiger partial charge < -0.3 is 5.73 Å². The van der Waals surface area contributed by atoms with Gasteiger partial charge in [0, 0.05) is 0 Å². The zero-order valence-electron chi connectivity index (χ0n) is 8.74. The van der Waals surface area contributed by atoms with Crippen molar-refractivity contribution in [3.8, 4) is 6.07 Å². The Kier molecular flexibility index (Phi) is 2.44. The molecule has 16 heavy (non-hydrogen) atoms. The number of aromatic nitrogens is 3. The van der Waals surface area contributed by atoms with Crippen molar-refractivity contribution in [2.45, 2.75) is 19.8 Å². The molecule has 0 radical (unpaired) electrons. The van der Waals surface area contributed by atoms with E-state index in [1.54, 1.807) is 0 Å². The Hall–Kier alpha value is -2.16. The van der Waals surface area contributed by atoms with Crippen LogP contribution in [0.15, 0.2) is 6.20 Å². The topological polar surface area (TPSA) is 80.0 Å². The van der Waals surface area contributed by atoms with Gasteiger partial charge in [0.25, 0.3) is 0 Å². The Labute approximate surface area is 91.3 Å². The van der Waals surface area contributed by atoms with E-state index in [4.69, 9.17) is 11.0 Å². The molecule has 0 aliphatic carbocycles. The zero-order chi connectivity index (χ0) is 11.7. The quantitative estimate of drug-likeness (QED) is 0.824. The second-order valence-electron chi connectivity index (χ2n) is 3.41. The number of hydrogen-bond donors (Lipinski definition) is 1. The van der Waals surface area contributed by atoms with E-state index in [1.165, 1.54) is 10.7 Å². The largest absolute Gasteiger partial charge is 0.367 e. The molecular formula is C10H10FN5. The van der Waals surface area contributed by atoms with E-state index in [9.17, 15) is 4.39 Å². The van der Waals surface area contributed by atoms with Crippen molar-refractivity contribution in [2.24, 2.45) is 0 Å². The molecule has 5 nitrogen and oxygen atoms in total. The molecule has 0 spiro atoms. The summed E-state index contributed by atoms with van der Waals surface area (Å²) in [5.41, 5.74) is 6.21. The SMILES string of the molecule is CCCc1c(C#N)c(F)c2cnc(N)nn12. The molecule has 0 aromatic carbocycles. The van der Waals surface area contributed by atoms with E-state index in [0.717, 1.165) is 6.42 Å². The number of nitrogens with zero attached hydrogens (tertiary/aromatic N) is 4. The average Bonchev–Trinajstić information content (AvgIpc) is 2.52. The molecule has 0 amide bonds. The highest BCUT2D eigenvalue weighted by atomic mass is 19.1. The molecule has 0 saturated heterocycles. The number of halogens is 1. The monoisotopic (exact) mass is 219 g/mol. The van der Waals surface area contributed by atoms with Crippen LogP contribution in [0.4, 0.5) is 10.3 Å². The van der Waals surface area contributed by atoms with Gasteiger partial charge in [0.2, 0.25) is 5.95 Å². The van der Waals surface area contributed by atoms with Gasteiger partial charge in [0.1, 0.15) is 17.1 Å². The Balaban J connectivity index is 2.82. The van der Waals surface area contributed by atoms with E-state index >= 15 is 0 Å². The first-order chi connectivity index (χ1) is 7.69. The standard InChI is InChI=1S/C10H10FN5/c1-2-3-7-6(4-12)9(11)8-5-14-10(13)15-16(7)8/h5H,2-3H2,1H3,(H2,13,15). The Morgan fingerprint density at radius 3 is 3.00 bits per heavy atom. The number of anilines is 1. The zero-order valence-corrected chi connectivity index (χ0v) is 8.74. The third kappa shape index (κ3) is 1.37. The van der Waals surface area contributed by atoms with Crippen molar-refractivity contribution in [3.63, 3.8) is 0 Å². The average molecular weight is 219 g/mol. The lowest BCUT2D eigenvalue weighted by Gasteiger charge is -2.00. The summed E-state index contributed by atoms with van der Waals surface area (Å²) in [5, 5.41) is 12.8. The Morgan fingerprint density at radius 1 is 1.62 bits per heavy atom. The van der Waals surface area contributed by atoms with Crippen LogP contribution in [0.5, 0.6) is 0 Å². The van der Waals surface area contributed by atoms with E-state index < -0.39 is 5.82 Å². The summed E-state index contributed by atoms with van der Waals surface area (Å²) in [6.07, 6.45) is 2.66. The number of nitrogens with two attached hydrogens (primary N) is 1. The molecule has 2 heterocycles. The molecule has 2 N–H and O–H groups in total. The molecule has 0 aliphatic rings. The first-order valence-corrected chi connectivity index (χ1v) is 4.90. The van der Waals surface area contributed by atoms with Crippen molar-refractivity contribution >= 4 is 11.5 Å². The molecule has 0 aliphatic heterocycles. The van der Waals surface area contributed by atoms with Gasteiger partial charge in [0.15, 0.2) is 5.82 Å². The predicted octanol–water partition coefficient (Wildman–Crippen LogP) is 1.27. The van der Waals surface area contributed by atoms with Gasteiger partial charge in [-0.15, -0.1) is 5.10 Å². The lowest BCUT2D eigenvalue weighted by atomic mass is 10.2. The summed E-state index contributed by atoms with van der Waals surface area (Å²) in [6.45, 7) is 1.95. The summed E-state index contributed by atoms with van der Waals surface area (Å²) >= 11 is 0. The first kappa shape index (κ1) is 10.4. The smallest absolute Gasteiger partial charge is 0.238 e. The van der Waals surface area contributed by atoms with Crippen LogP contribution in [-0.4, -0.2) is 14.6 Å². The van der Waals surface area contributed by atoms with Crippen LogP contribution >= 0.6 is 0 Å². The van der Waals surface area contributed by atoms with Gasteiger partial charge in [-0.3, -0.25) is 0 Å². The van der Waals surface area contributed by atoms with E-state index in [2.05, 4.69) is 10.1 Å². The van der Waals surface area contributed by atoms with Crippen molar-refractivity contribution in [2.75, 3.05) is 5.73 Å². The van der Waals surface area contributed by atoms with Crippen LogP contribution in [0.2, 0.25) is 0 Å². The lowest BCUT2D eigenvalue weighted by molar-refractivity contribution is 0.635. The fourth-order valence-electron chi connectivity index (χ4n) is 1.66. The molecule has 2 rings (SSSR count). The van der Waals surface area contributed by atoms with Crippen LogP contribution in [0.1, 0.15) is 24.6 Å². The van der Waals surface area contributed by atoms with Gasteiger partial charge in [-0.1, -0.05) is 13.3 Å². The molecule has 0 saturated carbocycles. The molecule has 82 valence electrons. The van der Waals surface area contributed by atoms with Crippen molar-refractivity contribution < 1.29 is 4.39 Å². The maximum Gasteiger partial charge on any atom is 0.238 e. The van der Waals surface area contributed by atoms with Gasteiger partial charge in [-0.25, -0.2) is 13.9 Å². The van der Waals surface area contributed by atoms with Gasteiger partial charge in [0.05, 0.1) is 11.9 Å². The maximum absolute atomic E-state index is 13.8. The van der Waals surface area contributed by atoms with Gasteiger partial charge >= 0.3 is 0 Å². The highest BCUT2D eigenvalue weighted by Crippen LogP contribution is 2.21. The molecule has 0 unspecified atom stereocenters. The van der Waals surface area contributed by atoms with Crippen LogP contribution in [0.3, 0.4) is 0 Å². The fourth-order valence-corrected chi connectivity index (χ4v) is 1.66. The highest BCUT2D eigenvalue weighted by molar-refractivity contribution is 5.57. The van der Waals surface area contributed by atoms with E-state index in [-0.39, 0.29) is 17.0 Å². The number of nitrogen functional groups attached to an aromatic ring is 1. The maximum atomic E-state index is 13.8. The summed E-state index contributed by atoms with van der Waals surface area (Å²) < 4.78 is 15.1. The summed E-state index contributed by atoms with van der Waals surface area (Å²) in [7, 11) is 0. The molecule has 0 bridgehead atoms. The number of fused-ring (bicyclic) bond motifs is 1. The van der Waals surface area contributed by atoms with Crippen LogP contribution < -0.4 is 5.73 Å². The second kappa shape index (κ2) is 3.77. The summed E-state index contributed by atoms with van der Waals surface area (Å²) in [5.74, 6) is -0.518. The van der Waals surface area contributed by atoms with Crippen molar-refractivity contribution in [1.29, 1.82) is 5.26 Å². The number of rotatable bonds is 2. The minimum atomic E-state index is -0.578. The molecule has 2 aromatic heterocycles. The predicted molar refractivity (Wildman–Crippen MR) is 56.1 cm³/mol. The number of aryl methyl sites for hydroxylation is 1. The fraction of sp³-hybridized carbons (Fsp3) is 0.300. The Morgan fingerprint density at radius 2 is 2.38 bits per heavy atom. The Bertz CT molecular complexity index is 581. The van der Waals surface area contributed by atoms with Crippen LogP contribution in [0, 0.1) is 17.1 Å². The van der Waals surface area contributed by atoms with Gasteiger partial charge in [-0.05, 0) is 6.42 Å². The van der Waals surface area contributed by atoms with Crippen molar-refractivity contribution in [3.05, 3.63) is 23.3 Å². The summed E-state index contributed by atoms with van der Waals surface area (Å²) in [6, 6.07) is 1.85. The third-order valence-corrected chi connectivity index (χ3v) is 2.34. The van der Waals surface area contributed by atoms with Crippen molar-refractivity contribution in [1.82, 2.24) is 14.6 Å². The van der Waals surface area contributed by atoms with Gasteiger partial charge in [-0.2, -0.15) is 5.26 Å². The van der Waals surface area contributed by atoms with E-state index in [1.807, 2.05) is 13.0 Å². The molecule has 0 atom stereocenters. The normalized spacial score (nSPS) is 10.6. The van der Waals surface area contributed by atoms with Crippen LogP contribution in [-0.2, 0) is 6.42 Å².